The van der Waals surface area contributed by atoms with Crippen molar-refractivity contribution in [3.05, 3.63) is 36.3 Å². The van der Waals surface area contributed by atoms with Crippen LogP contribution in [0.3, 0.4) is 0 Å². The number of imidazole rings is 1. The first kappa shape index (κ1) is 12.0. The van der Waals surface area contributed by atoms with Gasteiger partial charge in [0.05, 0.1) is 16.4 Å². The molecule has 1 aliphatic heterocycles. The van der Waals surface area contributed by atoms with Gasteiger partial charge in [-0.3, -0.25) is 4.79 Å². The van der Waals surface area contributed by atoms with Crippen molar-refractivity contribution < 1.29 is 4.79 Å². The number of carbonyl (C=O) groups excluding carboxylic acids is 1. The Hall–Kier alpha value is -2.76. The molecule has 0 atom stereocenters. The molecule has 1 aliphatic rings. The lowest BCUT2D eigenvalue weighted by Crippen LogP contribution is -2.26. The number of benzene rings is 1. The number of anilines is 1. The number of hydrogen-bond donors (Lipinski definition) is 2. The lowest BCUT2D eigenvalue weighted by molar-refractivity contribution is -0.119. The molecule has 0 spiro atoms. The van der Waals surface area contributed by atoms with Gasteiger partial charge in [0.2, 0.25) is 5.91 Å². The summed E-state index contributed by atoms with van der Waals surface area (Å²) >= 11 is 0. The largest absolute Gasteiger partial charge is 0.337 e. The zero-order valence-electron chi connectivity index (χ0n) is 11.6. The van der Waals surface area contributed by atoms with Crippen LogP contribution in [0.5, 0.6) is 0 Å². The van der Waals surface area contributed by atoms with Gasteiger partial charge in [-0.25, -0.2) is 15.0 Å². The summed E-state index contributed by atoms with van der Waals surface area (Å²) < 4.78 is 0. The maximum absolute atomic E-state index is 12.0. The quantitative estimate of drug-likeness (QED) is 0.715. The monoisotopic (exact) mass is 279 g/mol. The van der Waals surface area contributed by atoms with Crippen molar-refractivity contribution in [1.82, 2.24) is 19.9 Å². The van der Waals surface area contributed by atoms with Crippen LogP contribution in [-0.4, -0.2) is 25.8 Å². The molecular formula is C15H13N5O. The highest BCUT2D eigenvalue weighted by atomic mass is 16.2. The molecule has 0 aliphatic carbocycles. The fraction of sp³-hybridized carbons (Fsp3) is 0.200. The number of carbonyl (C=O) groups is 1. The molecule has 3 heterocycles. The third-order valence-electron chi connectivity index (χ3n) is 3.93. The summed E-state index contributed by atoms with van der Waals surface area (Å²) in [5.41, 5.74) is 3.73. The molecule has 0 bridgehead atoms. The van der Waals surface area contributed by atoms with Crippen LogP contribution in [0.4, 0.5) is 5.69 Å². The average Bonchev–Trinajstić information content (AvgIpc) is 2.98. The summed E-state index contributed by atoms with van der Waals surface area (Å²) in [5, 5.41) is 2.92. The molecule has 4 rings (SSSR count). The number of aromatic amines is 1. The van der Waals surface area contributed by atoms with Gasteiger partial charge in [0.15, 0.2) is 5.82 Å². The standard InChI is InChI=1S/C15H13N5O/c1-15(2)8-5-11-12(6-10(8)20-14(15)21)19-13(18-11)9-3-4-16-7-17-9/h3-7H,1-2H3,(H,18,19)(H,20,21). The van der Waals surface area contributed by atoms with Crippen molar-refractivity contribution >= 4 is 22.6 Å². The first-order valence-corrected chi connectivity index (χ1v) is 6.68. The third-order valence-corrected chi connectivity index (χ3v) is 3.93. The molecule has 0 fully saturated rings. The van der Waals surface area contributed by atoms with Gasteiger partial charge in [0, 0.05) is 11.9 Å². The molecule has 1 aromatic carbocycles. The van der Waals surface area contributed by atoms with Crippen LogP contribution in [0.15, 0.2) is 30.7 Å². The van der Waals surface area contributed by atoms with Crippen molar-refractivity contribution in [2.45, 2.75) is 19.3 Å². The van der Waals surface area contributed by atoms with Gasteiger partial charge in [-0.1, -0.05) is 0 Å². The van der Waals surface area contributed by atoms with Crippen LogP contribution in [0.1, 0.15) is 19.4 Å². The smallest absolute Gasteiger partial charge is 0.234 e. The van der Waals surface area contributed by atoms with E-state index in [-0.39, 0.29) is 5.91 Å². The van der Waals surface area contributed by atoms with Gasteiger partial charge in [-0.15, -0.1) is 0 Å². The Morgan fingerprint density at radius 2 is 2.10 bits per heavy atom. The van der Waals surface area contributed by atoms with Crippen molar-refractivity contribution in [1.29, 1.82) is 0 Å². The number of rotatable bonds is 1. The third kappa shape index (κ3) is 1.65. The number of nitrogens with zero attached hydrogens (tertiary/aromatic N) is 3. The van der Waals surface area contributed by atoms with Crippen molar-refractivity contribution in [2.75, 3.05) is 5.32 Å². The van der Waals surface area contributed by atoms with E-state index in [1.807, 2.05) is 26.0 Å². The molecule has 6 heteroatoms. The highest BCUT2D eigenvalue weighted by Crippen LogP contribution is 2.39. The Bertz CT molecular complexity index is 866. The SMILES string of the molecule is CC1(C)C(=O)Nc2cc3[nH]c(-c4ccncn4)nc3cc21. The van der Waals surface area contributed by atoms with E-state index < -0.39 is 5.41 Å². The fourth-order valence-corrected chi connectivity index (χ4v) is 2.63. The number of fused-ring (bicyclic) bond motifs is 2. The first-order valence-electron chi connectivity index (χ1n) is 6.68. The number of H-pyrrole nitrogens is 1. The zero-order chi connectivity index (χ0) is 14.6. The van der Waals surface area contributed by atoms with Crippen molar-refractivity contribution in [2.24, 2.45) is 0 Å². The lowest BCUT2D eigenvalue weighted by Gasteiger charge is -2.14. The van der Waals surface area contributed by atoms with Crippen LogP contribution in [0.25, 0.3) is 22.6 Å². The minimum absolute atomic E-state index is 0.0150. The molecular weight excluding hydrogens is 266 g/mol. The zero-order valence-corrected chi connectivity index (χ0v) is 11.6. The van der Waals surface area contributed by atoms with Crippen LogP contribution in [0.2, 0.25) is 0 Å². The normalized spacial score (nSPS) is 16.0. The summed E-state index contributed by atoms with van der Waals surface area (Å²) in [7, 11) is 0. The molecule has 0 saturated heterocycles. The van der Waals surface area contributed by atoms with E-state index in [1.54, 1.807) is 12.3 Å². The summed E-state index contributed by atoms with van der Waals surface area (Å²) in [6, 6.07) is 5.69. The second-order valence-corrected chi connectivity index (χ2v) is 5.67. The minimum Gasteiger partial charge on any atom is -0.337 e. The van der Waals surface area contributed by atoms with E-state index in [4.69, 9.17) is 0 Å². The Labute approximate surface area is 120 Å². The van der Waals surface area contributed by atoms with E-state index in [0.29, 0.717) is 5.82 Å². The highest BCUT2D eigenvalue weighted by molar-refractivity contribution is 6.07. The van der Waals surface area contributed by atoms with E-state index in [2.05, 4.69) is 25.3 Å². The molecule has 2 aromatic heterocycles. The van der Waals surface area contributed by atoms with Crippen LogP contribution in [0, 0.1) is 0 Å². The van der Waals surface area contributed by atoms with Crippen molar-refractivity contribution in [3.8, 4) is 11.5 Å². The Morgan fingerprint density at radius 1 is 1.24 bits per heavy atom. The average molecular weight is 279 g/mol. The number of hydrogen-bond acceptors (Lipinski definition) is 4. The predicted molar refractivity (Wildman–Crippen MR) is 78.8 cm³/mol. The second kappa shape index (κ2) is 3.88. The maximum atomic E-state index is 12.0. The van der Waals surface area contributed by atoms with Gasteiger partial charge in [-0.2, -0.15) is 0 Å². The minimum atomic E-state index is -0.530. The molecule has 21 heavy (non-hydrogen) atoms. The van der Waals surface area contributed by atoms with Crippen LogP contribution < -0.4 is 5.32 Å². The molecule has 0 unspecified atom stereocenters. The van der Waals surface area contributed by atoms with Gasteiger partial charge >= 0.3 is 0 Å². The molecule has 3 aromatic rings. The van der Waals surface area contributed by atoms with Gasteiger partial charge < -0.3 is 10.3 Å². The highest BCUT2D eigenvalue weighted by Gasteiger charge is 2.38. The summed E-state index contributed by atoms with van der Waals surface area (Å²) in [4.78, 5) is 27.9. The van der Waals surface area contributed by atoms with Gasteiger partial charge in [-0.05, 0) is 37.6 Å². The van der Waals surface area contributed by atoms with Crippen LogP contribution >= 0.6 is 0 Å². The van der Waals surface area contributed by atoms with Crippen LogP contribution in [-0.2, 0) is 10.2 Å². The maximum Gasteiger partial charge on any atom is 0.234 e. The first-order chi connectivity index (χ1) is 10.1. The molecule has 6 nitrogen and oxygen atoms in total. The number of nitrogens with one attached hydrogen (secondary N) is 2. The van der Waals surface area contributed by atoms with E-state index in [0.717, 1.165) is 28.0 Å². The molecule has 1 amide bonds. The van der Waals surface area contributed by atoms with E-state index >= 15 is 0 Å². The lowest BCUT2D eigenvalue weighted by atomic mass is 9.86. The number of aromatic nitrogens is 4. The molecule has 0 saturated carbocycles. The Kier molecular flexibility index (Phi) is 2.22. The topological polar surface area (TPSA) is 83.6 Å². The predicted octanol–water partition coefficient (Wildman–Crippen LogP) is 2.25. The Morgan fingerprint density at radius 3 is 2.86 bits per heavy atom. The summed E-state index contributed by atoms with van der Waals surface area (Å²) in [6.45, 7) is 3.83. The fourth-order valence-electron chi connectivity index (χ4n) is 2.63. The Balaban J connectivity index is 1.90. The van der Waals surface area contributed by atoms with Gasteiger partial charge in [0.25, 0.3) is 0 Å². The van der Waals surface area contributed by atoms with Gasteiger partial charge in [0.1, 0.15) is 12.0 Å². The summed E-state index contributed by atoms with van der Waals surface area (Å²) in [5.74, 6) is 0.710. The van der Waals surface area contributed by atoms with E-state index in [1.165, 1.54) is 6.33 Å². The van der Waals surface area contributed by atoms with E-state index in [9.17, 15) is 4.79 Å². The second-order valence-electron chi connectivity index (χ2n) is 5.67. The number of amides is 1. The molecule has 104 valence electrons. The molecule has 2 N–H and O–H groups in total. The van der Waals surface area contributed by atoms with Crippen molar-refractivity contribution in [3.63, 3.8) is 0 Å². The summed E-state index contributed by atoms with van der Waals surface area (Å²) in [6.07, 6.45) is 3.17. The molecule has 0 radical (unpaired) electrons.